The molecular formula is C24H30ClN3O2. The van der Waals surface area contributed by atoms with Crippen molar-refractivity contribution in [2.75, 3.05) is 20.1 Å². The standard InChI is InChI=1S/C24H30ClN3O2/c1-14(2)21-18-12-17(30-16-8-10-27(4)11-9-16)6-7-20(18)26-23(21)19-13-28(5)24(29)22(25)15(19)3/h6-7,12-14,16,26H,8-11H2,1-5H3. The molecule has 1 saturated heterocycles. The summed E-state index contributed by atoms with van der Waals surface area (Å²) in [6.07, 6.45) is 4.25. The van der Waals surface area contributed by atoms with Gasteiger partial charge in [0, 0.05) is 42.8 Å². The number of ether oxygens (including phenoxy) is 1. The lowest BCUT2D eigenvalue weighted by atomic mass is 9.95. The lowest BCUT2D eigenvalue weighted by Crippen LogP contribution is -2.35. The molecule has 6 heteroatoms. The summed E-state index contributed by atoms with van der Waals surface area (Å²) in [4.78, 5) is 18.1. The van der Waals surface area contributed by atoms with Crippen LogP contribution < -0.4 is 10.3 Å². The fourth-order valence-electron chi connectivity index (χ4n) is 4.41. The quantitative estimate of drug-likeness (QED) is 0.630. The molecule has 1 aliphatic heterocycles. The van der Waals surface area contributed by atoms with Crippen LogP contribution in [0.15, 0.2) is 29.2 Å². The Morgan fingerprint density at radius 2 is 1.90 bits per heavy atom. The maximum absolute atomic E-state index is 12.2. The third kappa shape index (κ3) is 3.77. The Bertz CT molecular complexity index is 1140. The normalized spacial score (nSPS) is 16.0. The summed E-state index contributed by atoms with van der Waals surface area (Å²) >= 11 is 6.34. The van der Waals surface area contributed by atoms with Gasteiger partial charge in [0.15, 0.2) is 0 Å². The zero-order chi connectivity index (χ0) is 21.6. The van der Waals surface area contributed by atoms with Gasteiger partial charge in [0.05, 0.1) is 5.69 Å². The van der Waals surface area contributed by atoms with Crippen molar-refractivity contribution in [3.63, 3.8) is 0 Å². The fraction of sp³-hybridized carbons (Fsp3) is 0.458. The molecular weight excluding hydrogens is 398 g/mol. The molecule has 1 fully saturated rings. The highest BCUT2D eigenvalue weighted by Gasteiger charge is 2.22. The molecule has 5 nitrogen and oxygen atoms in total. The van der Waals surface area contributed by atoms with Crippen LogP contribution in [0.25, 0.3) is 22.2 Å². The van der Waals surface area contributed by atoms with Gasteiger partial charge in [0.2, 0.25) is 0 Å². The first-order valence-corrected chi connectivity index (χ1v) is 11.0. The SMILES string of the molecule is Cc1c(-c2[nH]c3ccc(OC4CCN(C)CC4)cc3c2C(C)C)cn(C)c(=O)c1Cl. The Hall–Kier alpha value is -2.24. The summed E-state index contributed by atoms with van der Waals surface area (Å²) in [6.45, 7) is 8.44. The van der Waals surface area contributed by atoms with Crippen LogP contribution in [0.3, 0.4) is 0 Å². The number of aromatic amines is 1. The van der Waals surface area contributed by atoms with Crippen LogP contribution in [0.2, 0.25) is 5.02 Å². The van der Waals surface area contributed by atoms with Gasteiger partial charge < -0.3 is 19.2 Å². The minimum atomic E-state index is -0.172. The first-order chi connectivity index (χ1) is 14.3. The monoisotopic (exact) mass is 427 g/mol. The molecule has 1 aromatic carbocycles. The molecule has 160 valence electrons. The summed E-state index contributed by atoms with van der Waals surface area (Å²) in [5.41, 5.74) is 4.89. The van der Waals surface area contributed by atoms with Crippen molar-refractivity contribution >= 4 is 22.5 Å². The summed E-state index contributed by atoms with van der Waals surface area (Å²) in [7, 11) is 3.90. The molecule has 0 saturated carbocycles. The zero-order valence-corrected chi connectivity index (χ0v) is 19.1. The predicted octanol–water partition coefficient (Wildman–Crippen LogP) is 5.09. The van der Waals surface area contributed by atoms with Gasteiger partial charge in [-0.05, 0) is 62.1 Å². The van der Waals surface area contributed by atoms with Crippen molar-refractivity contribution < 1.29 is 4.74 Å². The number of hydrogen-bond acceptors (Lipinski definition) is 3. The third-order valence-corrected chi connectivity index (χ3v) is 6.63. The van der Waals surface area contributed by atoms with Gasteiger partial charge in [-0.15, -0.1) is 0 Å². The van der Waals surface area contributed by atoms with E-state index in [1.54, 1.807) is 11.6 Å². The second kappa shape index (κ2) is 8.12. The topological polar surface area (TPSA) is 50.3 Å². The number of nitrogens with zero attached hydrogens (tertiary/aromatic N) is 2. The number of fused-ring (bicyclic) bond motifs is 1. The average molecular weight is 428 g/mol. The highest BCUT2D eigenvalue weighted by atomic mass is 35.5. The van der Waals surface area contributed by atoms with Crippen LogP contribution in [0.4, 0.5) is 0 Å². The van der Waals surface area contributed by atoms with Crippen molar-refractivity contribution in [2.24, 2.45) is 7.05 Å². The molecule has 0 radical (unpaired) electrons. The summed E-state index contributed by atoms with van der Waals surface area (Å²) in [5.74, 6) is 1.21. The van der Waals surface area contributed by atoms with Crippen LogP contribution in [-0.4, -0.2) is 40.7 Å². The van der Waals surface area contributed by atoms with Crippen molar-refractivity contribution in [1.82, 2.24) is 14.5 Å². The second-order valence-corrected chi connectivity index (χ2v) is 9.17. The van der Waals surface area contributed by atoms with Crippen molar-refractivity contribution in [3.8, 4) is 17.0 Å². The number of aromatic nitrogens is 2. The number of benzene rings is 1. The second-order valence-electron chi connectivity index (χ2n) is 8.79. The van der Waals surface area contributed by atoms with Crippen molar-refractivity contribution in [3.05, 3.63) is 50.9 Å². The number of hydrogen-bond donors (Lipinski definition) is 1. The van der Waals surface area contributed by atoms with Gasteiger partial charge in [-0.3, -0.25) is 4.79 Å². The Morgan fingerprint density at radius 1 is 1.20 bits per heavy atom. The molecule has 1 aliphatic rings. The van der Waals surface area contributed by atoms with E-state index in [4.69, 9.17) is 16.3 Å². The number of nitrogens with one attached hydrogen (secondary N) is 1. The first-order valence-electron chi connectivity index (χ1n) is 10.6. The van der Waals surface area contributed by atoms with E-state index in [2.05, 4.69) is 42.9 Å². The molecule has 0 unspecified atom stereocenters. The first kappa shape index (κ1) is 21.0. The molecule has 0 bridgehead atoms. The zero-order valence-electron chi connectivity index (χ0n) is 18.4. The lowest BCUT2D eigenvalue weighted by Gasteiger charge is -2.29. The Kier molecular flexibility index (Phi) is 5.69. The van der Waals surface area contributed by atoms with Crippen LogP contribution >= 0.6 is 11.6 Å². The number of H-pyrrole nitrogens is 1. The predicted molar refractivity (Wildman–Crippen MR) is 124 cm³/mol. The largest absolute Gasteiger partial charge is 0.490 e. The average Bonchev–Trinajstić information content (AvgIpc) is 3.09. The highest BCUT2D eigenvalue weighted by Crippen LogP contribution is 2.39. The van der Waals surface area contributed by atoms with E-state index in [0.717, 1.165) is 59.4 Å². The minimum Gasteiger partial charge on any atom is -0.490 e. The molecule has 0 atom stereocenters. The summed E-state index contributed by atoms with van der Waals surface area (Å²) in [6, 6.07) is 6.29. The van der Waals surface area contributed by atoms with E-state index in [1.807, 2.05) is 19.2 Å². The number of aryl methyl sites for hydroxylation is 1. The summed E-state index contributed by atoms with van der Waals surface area (Å²) < 4.78 is 7.88. The molecule has 3 heterocycles. The van der Waals surface area contributed by atoms with Crippen molar-refractivity contribution in [1.29, 1.82) is 0 Å². The number of likely N-dealkylation sites (tertiary alicyclic amines) is 1. The highest BCUT2D eigenvalue weighted by molar-refractivity contribution is 6.31. The smallest absolute Gasteiger partial charge is 0.269 e. The fourth-order valence-corrected chi connectivity index (χ4v) is 4.64. The van der Waals surface area contributed by atoms with E-state index < -0.39 is 0 Å². The number of rotatable bonds is 4. The molecule has 4 rings (SSSR count). The van der Waals surface area contributed by atoms with Gasteiger partial charge in [0.1, 0.15) is 16.9 Å². The Morgan fingerprint density at radius 3 is 2.57 bits per heavy atom. The van der Waals surface area contributed by atoms with Crippen LogP contribution in [-0.2, 0) is 7.05 Å². The van der Waals surface area contributed by atoms with Crippen molar-refractivity contribution in [2.45, 2.75) is 45.6 Å². The van der Waals surface area contributed by atoms with E-state index in [1.165, 1.54) is 5.56 Å². The molecule has 3 aromatic rings. The number of piperidine rings is 1. The van der Waals surface area contributed by atoms with Crippen LogP contribution in [0.1, 0.15) is 43.7 Å². The maximum Gasteiger partial charge on any atom is 0.269 e. The minimum absolute atomic E-state index is 0.172. The molecule has 1 N–H and O–H groups in total. The van der Waals surface area contributed by atoms with Crippen LogP contribution in [0, 0.1) is 6.92 Å². The molecule has 0 amide bonds. The van der Waals surface area contributed by atoms with Crippen LogP contribution in [0.5, 0.6) is 5.75 Å². The Balaban J connectivity index is 1.79. The number of pyridine rings is 1. The molecule has 30 heavy (non-hydrogen) atoms. The van der Waals surface area contributed by atoms with Gasteiger partial charge in [-0.25, -0.2) is 0 Å². The molecule has 0 spiro atoms. The van der Waals surface area contributed by atoms with Gasteiger partial charge in [-0.1, -0.05) is 25.4 Å². The summed E-state index contributed by atoms with van der Waals surface area (Å²) in [5, 5.41) is 1.43. The third-order valence-electron chi connectivity index (χ3n) is 6.19. The van der Waals surface area contributed by atoms with E-state index in [9.17, 15) is 4.79 Å². The maximum atomic E-state index is 12.2. The molecule has 0 aliphatic carbocycles. The van der Waals surface area contributed by atoms with Gasteiger partial charge in [0.25, 0.3) is 5.56 Å². The van der Waals surface area contributed by atoms with Gasteiger partial charge >= 0.3 is 0 Å². The van der Waals surface area contributed by atoms with Gasteiger partial charge in [-0.2, -0.15) is 0 Å². The Labute approximate surface area is 182 Å². The molecule has 2 aromatic heterocycles. The van der Waals surface area contributed by atoms with E-state index in [0.29, 0.717) is 5.92 Å². The van der Waals surface area contributed by atoms with E-state index in [-0.39, 0.29) is 16.7 Å². The van der Waals surface area contributed by atoms with E-state index >= 15 is 0 Å². The number of halogens is 1. The lowest BCUT2D eigenvalue weighted by molar-refractivity contribution is 0.114.